The summed E-state index contributed by atoms with van der Waals surface area (Å²) < 4.78 is 70.4. The predicted molar refractivity (Wildman–Crippen MR) is 70.2 cm³/mol. The third-order valence-corrected chi connectivity index (χ3v) is 4.52. The van der Waals surface area contributed by atoms with Crippen molar-refractivity contribution in [2.75, 3.05) is 19.9 Å². The number of fused-ring (bicyclic) bond motifs is 1. The van der Waals surface area contributed by atoms with Crippen LogP contribution in [0.3, 0.4) is 0 Å². The molecule has 118 valence electrons. The van der Waals surface area contributed by atoms with Crippen LogP contribution in [0.15, 0.2) is 11.0 Å². The van der Waals surface area contributed by atoms with Gasteiger partial charge in [-0.1, -0.05) is 0 Å². The van der Waals surface area contributed by atoms with Crippen molar-refractivity contribution in [1.29, 1.82) is 0 Å². The number of thioether (sulfide) groups is 1. The topological polar surface area (TPSA) is 35.2 Å². The van der Waals surface area contributed by atoms with E-state index in [4.69, 9.17) is 10.5 Å². The second kappa shape index (κ2) is 5.31. The summed E-state index contributed by atoms with van der Waals surface area (Å²) in [5, 5.41) is 0. The van der Waals surface area contributed by atoms with Crippen molar-refractivity contribution in [3.05, 3.63) is 22.8 Å². The first-order chi connectivity index (χ1) is 9.68. The molecule has 2 nitrogen and oxygen atoms in total. The van der Waals surface area contributed by atoms with Gasteiger partial charge in [0.1, 0.15) is 5.75 Å². The molecule has 1 atom stereocenters. The molecule has 8 heteroatoms. The predicted octanol–water partition coefficient (Wildman–Crippen LogP) is 3.67. The van der Waals surface area contributed by atoms with Gasteiger partial charge in [-0.25, -0.2) is 0 Å². The van der Waals surface area contributed by atoms with Crippen LogP contribution in [0.5, 0.6) is 5.75 Å². The van der Waals surface area contributed by atoms with E-state index in [2.05, 4.69) is 0 Å². The monoisotopic (exact) mass is 327 g/mol. The van der Waals surface area contributed by atoms with E-state index in [1.54, 1.807) is 0 Å². The van der Waals surface area contributed by atoms with Crippen LogP contribution in [0.4, 0.5) is 22.0 Å². The summed E-state index contributed by atoms with van der Waals surface area (Å²) >= 11 is 0.886. The molecule has 0 radical (unpaired) electrons. The van der Waals surface area contributed by atoms with Crippen molar-refractivity contribution in [2.24, 2.45) is 5.73 Å². The number of methoxy groups -OCH3 is 1. The summed E-state index contributed by atoms with van der Waals surface area (Å²) in [5.41, 5.74) is 5.65. The van der Waals surface area contributed by atoms with Gasteiger partial charge >= 0.3 is 12.1 Å². The quantitative estimate of drug-likeness (QED) is 0.677. The molecule has 21 heavy (non-hydrogen) atoms. The number of benzene rings is 1. The molecule has 1 aromatic rings. The van der Waals surface area contributed by atoms with E-state index < -0.39 is 17.7 Å². The van der Waals surface area contributed by atoms with Crippen LogP contribution in [0.25, 0.3) is 0 Å². The molecule has 0 fully saturated rings. The third-order valence-electron chi connectivity index (χ3n) is 3.65. The molecule has 0 spiro atoms. The number of hydrogen-bond acceptors (Lipinski definition) is 3. The van der Waals surface area contributed by atoms with E-state index in [1.165, 1.54) is 13.4 Å². The van der Waals surface area contributed by atoms with Crippen molar-refractivity contribution in [3.63, 3.8) is 0 Å². The van der Waals surface area contributed by atoms with Gasteiger partial charge in [0.05, 0.1) is 7.11 Å². The lowest BCUT2D eigenvalue weighted by Crippen LogP contribution is -2.36. The zero-order valence-corrected chi connectivity index (χ0v) is 12.2. The van der Waals surface area contributed by atoms with Crippen molar-refractivity contribution >= 4 is 11.8 Å². The fourth-order valence-corrected chi connectivity index (χ4v) is 3.41. The number of ether oxygens (including phenoxy) is 1. The second-order valence-corrected chi connectivity index (χ2v) is 5.58. The summed E-state index contributed by atoms with van der Waals surface area (Å²) in [7, 11) is 1.25. The highest BCUT2D eigenvalue weighted by molar-refractivity contribution is 7.98. The van der Waals surface area contributed by atoms with Crippen LogP contribution in [0.1, 0.15) is 22.6 Å². The fraction of sp³-hybridized carbons (Fsp3) is 0.538. The van der Waals surface area contributed by atoms with Crippen molar-refractivity contribution in [2.45, 2.75) is 29.3 Å². The molecule has 1 aromatic carbocycles. The van der Waals surface area contributed by atoms with Gasteiger partial charge in [0.2, 0.25) is 0 Å². The molecular weight excluding hydrogens is 313 g/mol. The molecule has 2 rings (SSSR count). The van der Waals surface area contributed by atoms with Gasteiger partial charge in [0.15, 0.2) is 0 Å². The first-order valence-corrected chi connectivity index (χ1v) is 7.34. The van der Waals surface area contributed by atoms with Crippen LogP contribution in [0, 0.1) is 0 Å². The third kappa shape index (κ3) is 2.38. The molecule has 1 unspecified atom stereocenters. The number of alkyl halides is 5. The van der Waals surface area contributed by atoms with E-state index in [1.807, 2.05) is 0 Å². The Hall–Kier alpha value is -1.02. The van der Waals surface area contributed by atoms with Crippen molar-refractivity contribution < 1.29 is 26.7 Å². The first kappa shape index (κ1) is 16.4. The summed E-state index contributed by atoms with van der Waals surface area (Å²) in [5.74, 6) is -4.93. The zero-order valence-electron chi connectivity index (χ0n) is 11.4. The number of rotatable bonds is 4. The Kier molecular flexibility index (Phi) is 4.14. The molecule has 0 amide bonds. The fourth-order valence-electron chi connectivity index (χ4n) is 2.56. The molecule has 0 bridgehead atoms. The van der Waals surface area contributed by atoms with Crippen LogP contribution in [0.2, 0.25) is 0 Å². The smallest absolute Gasteiger partial charge is 0.458 e. The second-order valence-electron chi connectivity index (χ2n) is 4.76. The van der Waals surface area contributed by atoms with Crippen LogP contribution < -0.4 is 10.5 Å². The maximum Gasteiger partial charge on any atom is 0.458 e. The Bertz CT molecular complexity index is 558. The van der Waals surface area contributed by atoms with E-state index >= 15 is 0 Å². The Labute approximate surface area is 122 Å². The van der Waals surface area contributed by atoms with Crippen LogP contribution >= 0.6 is 11.8 Å². The number of halogens is 5. The van der Waals surface area contributed by atoms with Gasteiger partial charge in [-0.3, -0.25) is 0 Å². The van der Waals surface area contributed by atoms with Gasteiger partial charge < -0.3 is 10.5 Å². The Morgan fingerprint density at radius 2 is 1.95 bits per heavy atom. The maximum atomic E-state index is 13.7. The van der Waals surface area contributed by atoms with Crippen molar-refractivity contribution in [3.8, 4) is 5.75 Å². The van der Waals surface area contributed by atoms with Crippen LogP contribution in [-0.4, -0.2) is 26.1 Å². The SMILES string of the molecule is COc1cc(C(F)(F)C(F)(F)F)c(SC)c2c1C(CN)C2. The lowest BCUT2D eigenvalue weighted by Gasteiger charge is -2.35. The minimum atomic E-state index is -5.65. The van der Waals surface area contributed by atoms with Gasteiger partial charge in [-0.15, -0.1) is 11.8 Å². The average molecular weight is 327 g/mol. The van der Waals surface area contributed by atoms with Crippen molar-refractivity contribution in [1.82, 2.24) is 0 Å². The van der Waals surface area contributed by atoms with Gasteiger partial charge in [-0.05, 0) is 30.9 Å². The molecule has 2 N–H and O–H groups in total. The van der Waals surface area contributed by atoms with Gasteiger partial charge in [0, 0.05) is 21.9 Å². The van der Waals surface area contributed by atoms with Gasteiger partial charge in [-0.2, -0.15) is 22.0 Å². The highest BCUT2D eigenvalue weighted by Gasteiger charge is 2.60. The summed E-state index contributed by atoms with van der Waals surface area (Å²) in [6.45, 7) is 0.298. The molecule has 0 heterocycles. The highest BCUT2D eigenvalue weighted by atomic mass is 32.2. The normalized spacial score (nSPS) is 18.2. The van der Waals surface area contributed by atoms with E-state index in [0.717, 1.165) is 17.8 Å². The number of hydrogen-bond donors (Lipinski definition) is 1. The molecule has 0 aliphatic heterocycles. The molecule has 1 aliphatic carbocycles. The molecule has 0 saturated heterocycles. The largest absolute Gasteiger partial charge is 0.496 e. The average Bonchev–Trinajstić information content (AvgIpc) is 2.37. The first-order valence-electron chi connectivity index (χ1n) is 6.11. The minimum Gasteiger partial charge on any atom is -0.496 e. The standard InChI is InChI=1S/C13H14F5NOS/c1-20-9-4-8(12(14,15)13(16,17)18)11(21-2)7-3-6(5-19)10(7)9/h4,6H,3,5,19H2,1-2H3. The lowest BCUT2D eigenvalue weighted by atomic mass is 9.75. The lowest BCUT2D eigenvalue weighted by molar-refractivity contribution is -0.290. The molecule has 0 saturated carbocycles. The van der Waals surface area contributed by atoms with E-state index in [9.17, 15) is 22.0 Å². The Morgan fingerprint density at radius 1 is 1.33 bits per heavy atom. The Balaban J connectivity index is 2.67. The zero-order chi connectivity index (χ0) is 16.0. The molecule has 0 aromatic heterocycles. The summed E-state index contributed by atoms with van der Waals surface area (Å²) in [6.07, 6.45) is -3.78. The molecular formula is C13H14F5NOS. The Morgan fingerprint density at radius 3 is 2.38 bits per heavy atom. The van der Waals surface area contributed by atoms with E-state index in [0.29, 0.717) is 24.1 Å². The molecule has 1 aliphatic rings. The maximum absolute atomic E-state index is 13.7. The number of nitrogens with two attached hydrogens (primary N) is 1. The van der Waals surface area contributed by atoms with Crippen LogP contribution in [-0.2, 0) is 12.3 Å². The van der Waals surface area contributed by atoms with Gasteiger partial charge in [0.25, 0.3) is 0 Å². The van der Waals surface area contributed by atoms with E-state index in [-0.39, 0.29) is 16.6 Å². The summed E-state index contributed by atoms with van der Waals surface area (Å²) in [4.78, 5) is -0.0298. The minimum absolute atomic E-state index is 0.0298. The highest BCUT2D eigenvalue weighted by Crippen LogP contribution is 2.53. The summed E-state index contributed by atoms with van der Waals surface area (Å²) in [6, 6.07) is 0.792.